The summed E-state index contributed by atoms with van der Waals surface area (Å²) in [6, 6.07) is 7.41. The summed E-state index contributed by atoms with van der Waals surface area (Å²) < 4.78 is 12.5. The normalized spacial score (nSPS) is 11.6. The Bertz CT molecular complexity index is 952. The average Bonchev–Trinajstić information content (AvgIpc) is 3.13. The van der Waals surface area contributed by atoms with Crippen molar-refractivity contribution in [3.05, 3.63) is 46.3 Å². The van der Waals surface area contributed by atoms with Crippen molar-refractivity contribution in [3.63, 3.8) is 0 Å². The largest absolute Gasteiger partial charge is 0.379 e. The SMILES string of the molecule is CCc1nc(CSc2nc3ccccc3c(=O)n2CCCOC(C)C)no1. The van der Waals surface area contributed by atoms with Gasteiger partial charge in [-0.05, 0) is 32.4 Å². The highest BCUT2D eigenvalue weighted by Crippen LogP contribution is 2.21. The van der Waals surface area contributed by atoms with Crippen molar-refractivity contribution >= 4 is 22.7 Å². The molecule has 1 aromatic carbocycles. The van der Waals surface area contributed by atoms with Gasteiger partial charge in [0.2, 0.25) is 5.89 Å². The van der Waals surface area contributed by atoms with E-state index in [-0.39, 0.29) is 11.7 Å². The van der Waals surface area contributed by atoms with Crippen LogP contribution in [0.3, 0.4) is 0 Å². The first-order chi connectivity index (χ1) is 13.1. The smallest absolute Gasteiger partial charge is 0.262 e. The number of hydrogen-bond donors (Lipinski definition) is 0. The summed E-state index contributed by atoms with van der Waals surface area (Å²) in [4.78, 5) is 22.0. The van der Waals surface area contributed by atoms with Crippen LogP contribution in [0.4, 0.5) is 0 Å². The van der Waals surface area contributed by atoms with Crippen molar-refractivity contribution in [3.8, 4) is 0 Å². The molecule has 3 aromatic rings. The summed E-state index contributed by atoms with van der Waals surface area (Å²) in [6.45, 7) is 7.12. The molecule has 27 heavy (non-hydrogen) atoms. The lowest BCUT2D eigenvalue weighted by Gasteiger charge is -2.13. The van der Waals surface area contributed by atoms with Gasteiger partial charge in [-0.3, -0.25) is 9.36 Å². The number of ether oxygens (including phenoxy) is 1. The Kier molecular flexibility index (Phi) is 6.63. The molecular weight excluding hydrogens is 364 g/mol. The van der Waals surface area contributed by atoms with Gasteiger partial charge in [-0.15, -0.1) is 0 Å². The summed E-state index contributed by atoms with van der Waals surface area (Å²) in [5.74, 6) is 1.71. The van der Waals surface area contributed by atoms with Gasteiger partial charge >= 0.3 is 0 Å². The molecule has 2 aromatic heterocycles. The van der Waals surface area contributed by atoms with E-state index in [1.807, 2.05) is 45.0 Å². The van der Waals surface area contributed by atoms with Crippen LogP contribution in [0.15, 0.2) is 38.7 Å². The van der Waals surface area contributed by atoms with Gasteiger partial charge in [-0.1, -0.05) is 36.0 Å². The van der Waals surface area contributed by atoms with Crippen molar-refractivity contribution < 1.29 is 9.26 Å². The van der Waals surface area contributed by atoms with E-state index in [0.29, 0.717) is 53.1 Å². The van der Waals surface area contributed by atoms with Gasteiger partial charge in [0.15, 0.2) is 11.0 Å². The second-order valence-electron chi connectivity index (χ2n) is 6.39. The first kappa shape index (κ1) is 19.6. The molecule has 0 radical (unpaired) electrons. The Labute approximate surface area is 162 Å². The fraction of sp³-hybridized carbons (Fsp3) is 0.474. The molecular formula is C19H24N4O3S. The first-order valence-electron chi connectivity index (χ1n) is 9.14. The predicted octanol–water partition coefficient (Wildman–Crippen LogP) is 3.45. The topological polar surface area (TPSA) is 83.0 Å². The Morgan fingerprint density at radius 3 is 2.81 bits per heavy atom. The number of para-hydroxylation sites is 1. The van der Waals surface area contributed by atoms with Crippen LogP contribution in [0.25, 0.3) is 10.9 Å². The Morgan fingerprint density at radius 1 is 1.26 bits per heavy atom. The second-order valence-corrected chi connectivity index (χ2v) is 7.33. The maximum Gasteiger partial charge on any atom is 0.262 e. The van der Waals surface area contributed by atoms with E-state index in [9.17, 15) is 4.79 Å². The maximum absolute atomic E-state index is 13.0. The first-order valence-corrected chi connectivity index (χ1v) is 10.1. The third-order valence-corrected chi connectivity index (χ3v) is 4.92. The van der Waals surface area contributed by atoms with Crippen molar-refractivity contribution in [1.82, 2.24) is 19.7 Å². The van der Waals surface area contributed by atoms with E-state index >= 15 is 0 Å². The third-order valence-electron chi connectivity index (χ3n) is 3.95. The molecule has 0 aliphatic carbocycles. The zero-order valence-corrected chi connectivity index (χ0v) is 16.7. The number of aromatic nitrogens is 4. The van der Waals surface area contributed by atoms with Crippen LogP contribution in [0.5, 0.6) is 0 Å². The van der Waals surface area contributed by atoms with Gasteiger partial charge in [0.25, 0.3) is 5.56 Å². The maximum atomic E-state index is 13.0. The minimum Gasteiger partial charge on any atom is -0.379 e. The second kappa shape index (κ2) is 9.14. The zero-order valence-electron chi connectivity index (χ0n) is 15.8. The Hall–Kier alpha value is -2.19. The molecule has 0 aliphatic rings. The van der Waals surface area contributed by atoms with Crippen LogP contribution in [-0.2, 0) is 23.5 Å². The molecule has 0 saturated carbocycles. The van der Waals surface area contributed by atoms with Crippen LogP contribution in [0, 0.1) is 0 Å². The highest BCUT2D eigenvalue weighted by Gasteiger charge is 2.13. The highest BCUT2D eigenvalue weighted by molar-refractivity contribution is 7.98. The zero-order chi connectivity index (χ0) is 19.2. The van der Waals surface area contributed by atoms with Crippen LogP contribution >= 0.6 is 11.8 Å². The number of fused-ring (bicyclic) bond motifs is 1. The molecule has 144 valence electrons. The summed E-state index contributed by atoms with van der Waals surface area (Å²) in [5.41, 5.74) is 0.664. The minimum absolute atomic E-state index is 0.0324. The van der Waals surface area contributed by atoms with E-state index < -0.39 is 0 Å². The summed E-state index contributed by atoms with van der Waals surface area (Å²) in [6.07, 6.45) is 1.62. The van der Waals surface area contributed by atoms with Crippen molar-refractivity contribution in [2.75, 3.05) is 6.61 Å². The molecule has 8 heteroatoms. The molecule has 0 N–H and O–H groups in total. The monoisotopic (exact) mass is 388 g/mol. The van der Waals surface area contributed by atoms with E-state index in [1.165, 1.54) is 11.8 Å². The summed E-state index contributed by atoms with van der Waals surface area (Å²) >= 11 is 1.44. The fourth-order valence-electron chi connectivity index (χ4n) is 2.62. The molecule has 0 spiro atoms. The van der Waals surface area contributed by atoms with Gasteiger partial charge in [-0.25, -0.2) is 4.98 Å². The number of hydrogen-bond acceptors (Lipinski definition) is 7. The van der Waals surface area contributed by atoms with Gasteiger partial charge in [0, 0.05) is 19.6 Å². The lowest BCUT2D eigenvalue weighted by molar-refractivity contribution is 0.0743. The molecule has 0 aliphatic heterocycles. The van der Waals surface area contributed by atoms with E-state index in [4.69, 9.17) is 14.2 Å². The van der Waals surface area contributed by atoms with Crippen LogP contribution in [0.1, 0.15) is 38.9 Å². The molecule has 3 rings (SSSR count). The van der Waals surface area contributed by atoms with E-state index in [2.05, 4.69) is 10.1 Å². The van der Waals surface area contributed by atoms with Gasteiger partial charge < -0.3 is 9.26 Å². The lowest BCUT2D eigenvalue weighted by Crippen LogP contribution is -2.24. The molecule has 7 nitrogen and oxygen atoms in total. The Morgan fingerprint density at radius 2 is 2.07 bits per heavy atom. The third kappa shape index (κ3) is 4.95. The number of benzene rings is 1. The molecule has 0 fully saturated rings. The molecule has 0 bridgehead atoms. The van der Waals surface area contributed by atoms with Crippen molar-refractivity contribution in [1.29, 1.82) is 0 Å². The average molecular weight is 388 g/mol. The lowest BCUT2D eigenvalue weighted by atomic mass is 10.2. The van der Waals surface area contributed by atoms with Crippen molar-refractivity contribution in [2.45, 2.75) is 57.2 Å². The standard InChI is InChI=1S/C19H24N4O3S/c1-4-17-21-16(22-26-17)12-27-19-20-15-9-6-5-8-14(15)18(24)23(19)10-7-11-25-13(2)3/h5-6,8-9,13H,4,7,10-12H2,1-3H3. The summed E-state index contributed by atoms with van der Waals surface area (Å²) in [5, 5.41) is 5.25. The van der Waals surface area contributed by atoms with Gasteiger partial charge in [-0.2, -0.15) is 4.98 Å². The highest BCUT2D eigenvalue weighted by atomic mass is 32.2. The number of rotatable bonds is 9. The van der Waals surface area contributed by atoms with E-state index in [1.54, 1.807) is 4.57 Å². The molecule has 2 heterocycles. The van der Waals surface area contributed by atoms with Crippen molar-refractivity contribution in [2.24, 2.45) is 0 Å². The fourth-order valence-corrected chi connectivity index (χ4v) is 3.49. The quantitative estimate of drug-likeness (QED) is 0.315. The molecule has 0 amide bonds. The van der Waals surface area contributed by atoms with Crippen LogP contribution in [0.2, 0.25) is 0 Å². The van der Waals surface area contributed by atoms with E-state index in [0.717, 1.165) is 6.42 Å². The molecule has 0 unspecified atom stereocenters. The summed E-state index contributed by atoms with van der Waals surface area (Å²) in [7, 11) is 0. The van der Waals surface area contributed by atoms with Crippen LogP contribution < -0.4 is 5.56 Å². The van der Waals surface area contributed by atoms with Crippen LogP contribution in [-0.4, -0.2) is 32.4 Å². The van der Waals surface area contributed by atoms with Gasteiger partial charge in [0.1, 0.15) is 0 Å². The minimum atomic E-state index is -0.0324. The Balaban J connectivity index is 1.83. The molecule has 0 saturated heterocycles. The molecule has 0 atom stereocenters. The number of aryl methyl sites for hydroxylation is 1. The predicted molar refractivity (Wildman–Crippen MR) is 105 cm³/mol. The number of thioether (sulfide) groups is 1. The van der Waals surface area contributed by atoms with Gasteiger partial charge in [0.05, 0.1) is 22.8 Å². The number of nitrogens with zero attached hydrogens (tertiary/aromatic N) is 4.